The van der Waals surface area contributed by atoms with E-state index in [0.29, 0.717) is 11.6 Å². The van der Waals surface area contributed by atoms with Crippen LogP contribution in [0.5, 0.6) is 0 Å². The zero-order valence-electron chi connectivity index (χ0n) is 13.5. The third-order valence-electron chi connectivity index (χ3n) is 6.46. The maximum absolute atomic E-state index is 6.30. The van der Waals surface area contributed by atoms with Crippen LogP contribution in [0.15, 0.2) is 0 Å². The number of piperidine rings is 1. The van der Waals surface area contributed by atoms with Crippen LogP contribution >= 0.6 is 0 Å². The molecule has 20 heavy (non-hydrogen) atoms. The van der Waals surface area contributed by atoms with E-state index >= 15 is 0 Å². The van der Waals surface area contributed by atoms with E-state index in [1.54, 1.807) is 0 Å². The van der Waals surface area contributed by atoms with Gasteiger partial charge in [0.1, 0.15) is 0 Å². The Bertz CT molecular complexity index is 320. The Morgan fingerprint density at radius 1 is 1.05 bits per heavy atom. The molecule has 0 spiro atoms. The molecule has 2 atom stereocenters. The molecule has 1 aliphatic carbocycles. The van der Waals surface area contributed by atoms with E-state index in [0.717, 1.165) is 18.5 Å². The SMILES string of the molecule is CC(C)N1CCC(CN)(N2CCC3CCCCC32)CC1. The maximum Gasteiger partial charge on any atom is 0.0359 e. The lowest BCUT2D eigenvalue weighted by molar-refractivity contribution is -0.00299. The van der Waals surface area contributed by atoms with E-state index in [2.05, 4.69) is 23.6 Å². The fraction of sp³-hybridized carbons (Fsp3) is 1.00. The molecule has 3 aliphatic rings. The summed E-state index contributed by atoms with van der Waals surface area (Å²) < 4.78 is 0. The van der Waals surface area contributed by atoms with Gasteiger partial charge < -0.3 is 10.6 Å². The quantitative estimate of drug-likeness (QED) is 0.861. The van der Waals surface area contributed by atoms with E-state index < -0.39 is 0 Å². The van der Waals surface area contributed by atoms with Crippen LogP contribution in [-0.2, 0) is 0 Å². The lowest BCUT2D eigenvalue weighted by Gasteiger charge is -2.51. The van der Waals surface area contributed by atoms with Crippen molar-refractivity contribution in [2.75, 3.05) is 26.2 Å². The smallest absolute Gasteiger partial charge is 0.0359 e. The summed E-state index contributed by atoms with van der Waals surface area (Å²) in [6.07, 6.45) is 9.80. The van der Waals surface area contributed by atoms with E-state index in [-0.39, 0.29) is 0 Å². The van der Waals surface area contributed by atoms with Gasteiger partial charge in [-0.05, 0) is 58.4 Å². The second-order valence-corrected chi connectivity index (χ2v) is 7.65. The molecule has 0 aromatic rings. The molecule has 0 bridgehead atoms. The third kappa shape index (κ3) is 2.53. The van der Waals surface area contributed by atoms with Gasteiger partial charge in [0.15, 0.2) is 0 Å². The van der Waals surface area contributed by atoms with Crippen molar-refractivity contribution in [3.63, 3.8) is 0 Å². The predicted molar refractivity (Wildman–Crippen MR) is 84.8 cm³/mol. The number of hydrogen-bond donors (Lipinski definition) is 1. The molecule has 3 heteroatoms. The average molecular weight is 279 g/mol. The van der Waals surface area contributed by atoms with E-state index in [4.69, 9.17) is 5.73 Å². The van der Waals surface area contributed by atoms with Crippen LogP contribution in [0.3, 0.4) is 0 Å². The lowest BCUT2D eigenvalue weighted by atomic mass is 9.80. The molecule has 2 unspecified atom stereocenters. The number of hydrogen-bond acceptors (Lipinski definition) is 3. The number of fused-ring (bicyclic) bond motifs is 1. The van der Waals surface area contributed by atoms with Crippen LogP contribution in [0, 0.1) is 5.92 Å². The molecule has 0 aromatic carbocycles. The highest BCUT2D eigenvalue weighted by Crippen LogP contribution is 2.42. The molecule has 0 amide bonds. The zero-order valence-corrected chi connectivity index (χ0v) is 13.5. The second kappa shape index (κ2) is 5.94. The lowest BCUT2D eigenvalue weighted by Crippen LogP contribution is -2.61. The Hall–Kier alpha value is -0.120. The fourth-order valence-electron chi connectivity index (χ4n) is 5.06. The van der Waals surface area contributed by atoms with Crippen molar-refractivity contribution < 1.29 is 0 Å². The molecule has 0 aromatic heterocycles. The molecule has 2 aliphatic heterocycles. The molecule has 2 saturated heterocycles. The van der Waals surface area contributed by atoms with Gasteiger partial charge in [-0.2, -0.15) is 0 Å². The molecule has 0 radical (unpaired) electrons. The van der Waals surface area contributed by atoms with Gasteiger partial charge in [-0.25, -0.2) is 0 Å². The standard InChI is InChI=1S/C17H33N3/c1-14(2)19-11-8-17(13-18,9-12-19)20-10-7-15-5-3-4-6-16(15)20/h14-16H,3-13,18H2,1-2H3. The first-order chi connectivity index (χ1) is 9.66. The molecule has 2 N–H and O–H groups in total. The fourth-order valence-corrected chi connectivity index (χ4v) is 5.06. The van der Waals surface area contributed by atoms with Crippen molar-refractivity contribution >= 4 is 0 Å². The first-order valence-corrected chi connectivity index (χ1v) is 8.87. The van der Waals surface area contributed by atoms with E-state index in [1.807, 2.05) is 0 Å². The number of likely N-dealkylation sites (tertiary alicyclic amines) is 2. The Kier molecular flexibility index (Phi) is 4.40. The van der Waals surface area contributed by atoms with Crippen LogP contribution in [0.2, 0.25) is 0 Å². The van der Waals surface area contributed by atoms with Gasteiger partial charge in [0, 0.05) is 37.3 Å². The highest BCUT2D eigenvalue weighted by molar-refractivity contribution is 5.03. The Balaban J connectivity index is 1.70. The molecule has 3 nitrogen and oxygen atoms in total. The minimum Gasteiger partial charge on any atom is -0.329 e. The van der Waals surface area contributed by atoms with Crippen LogP contribution < -0.4 is 5.73 Å². The van der Waals surface area contributed by atoms with Crippen molar-refractivity contribution in [3.05, 3.63) is 0 Å². The molecule has 116 valence electrons. The van der Waals surface area contributed by atoms with Crippen molar-refractivity contribution in [3.8, 4) is 0 Å². The maximum atomic E-state index is 6.30. The van der Waals surface area contributed by atoms with Crippen molar-refractivity contribution in [2.24, 2.45) is 11.7 Å². The van der Waals surface area contributed by atoms with Gasteiger partial charge in [0.05, 0.1) is 0 Å². The minimum absolute atomic E-state index is 0.322. The van der Waals surface area contributed by atoms with Crippen molar-refractivity contribution in [1.29, 1.82) is 0 Å². The minimum atomic E-state index is 0.322. The van der Waals surface area contributed by atoms with E-state index in [1.165, 1.54) is 64.6 Å². The van der Waals surface area contributed by atoms with Gasteiger partial charge in [-0.15, -0.1) is 0 Å². The molecule has 3 fully saturated rings. The van der Waals surface area contributed by atoms with Gasteiger partial charge in [0.25, 0.3) is 0 Å². The highest BCUT2D eigenvalue weighted by Gasteiger charge is 2.47. The summed E-state index contributed by atoms with van der Waals surface area (Å²) in [5.41, 5.74) is 6.62. The van der Waals surface area contributed by atoms with Crippen LogP contribution in [-0.4, -0.2) is 53.6 Å². The predicted octanol–water partition coefficient (Wildman–Crippen LogP) is 2.45. The van der Waals surface area contributed by atoms with Crippen LogP contribution in [0.4, 0.5) is 0 Å². The number of nitrogens with two attached hydrogens (primary N) is 1. The summed E-state index contributed by atoms with van der Waals surface area (Å²) in [6, 6.07) is 1.55. The first-order valence-electron chi connectivity index (χ1n) is 8.87. The summed E-state index contributed by atoms with van der Waals surface area (Å²) in [4.78, 5) is 5.50. The summed E-state index contributed by atoms with van der Waals surface area (Å²) in [5, 5.41) is 0. The van der Waals surface area contributed by atoms with Gasteiger partial charge >= 0.3 is 0 Å². The van der Waals surface area contributed by atoms with Crippen LogP contribution in [0.1, 0.15) is 58.8 Å². The normalized spacial score (nSPS) is 35.4. The summed E-state index contributed by atoms with van der Waals surface area (Å²) >= 11 is 0. The summed E-state index contributed by atoms with van der Waals surface area (Å²) in [7, 11) is 0. The molecule has 2 heterocycles. The third-order valence-corrected chi connectivity index (χ3v) is 6.46. The summed E-state index contributed by atoms with van der Waals surface area (Å²) in [6.45, 7) is 9.30. The molecule has 3 rings (SSSR count). The summed E-state index contributed by atoms with van der Waals surface area (Å²) in [5.74, 6) is 0.982. The monoisotopic (exact) mass is 279 g/mol. The zero-order chi connectivity index (χ0) is 14.2. The number of nitrogens with zero attached hydrogens (tertiary/aromatic N) is 2. The molecular formula is C17H33N3. The number of rotatable bonds is 3. The second-order valence-electron chi connectivity index (χ2n) is 7.65. The topological polar surface area (TPSA) is 32.5 Å². The van der Waals surface area contributed by atoms with Gasteiger partial charge in [-0.1, -0.05) is 12.8 Å². The van der Waals surface area contributed by atoms with Gasteiger partial charge in [-0.3, -0.25) is 4.90 Å². The van der Waals surface area contributed by atoms with Gasteiger partial charge in [0.2, 0.25) is 0 Å². The Morgan fingerprint density at radius 2 is 1.75 bits per heavy atom. The average Bonchev–Trinajstić information content (AvgIpc) is 2.91. The van der Waals surface area contributed by atoms with Crippen molar-refractivity contribution in [1.82, 2.24) is 9.80 Å². The Morgan fingerprint density at radius 3 is 2.40 bits per heavy atom. The highest BCUT2D eigenvalue weighted by atomic mass is 15.3. The van der Waals surface area contributed by atoms with Crippen LogP contribution in [0.25, 0.3) is 0 Å². The largest absolute Gasteiger partial charge is 0.329 e. The molecular weight excluding hydrogens is 246 g/mol. The first kappa shape index (κ1) is 14.8. The van der Waals surface area contributed by atoms with E-state index in [9.17, 15) is 0 Å². The Labute approximate surface area is 124 Å². The van der Waals surface area contributed by atoms with Crippen molar-refractivity contribution in [2.45, 2.75) is 76.4 Å². The molecule has 1 saturated carbocycles.